The highest BCUT2D eigenvalue weighted by Crippen LogP contribution is 2.13. The van der Waals surface area contributed by atoms with E-state index in [0.29, 0.717) is 19.4 Å². The van der Waals surface area contributed by atoms with Crippen LogP contribution in [0.4, 0.5) is 13.2 Å². The minimum Gasteiger partial charge on any atom is -0.480 e. The van der Waals surface area contributed by atoms with Gasteiger partial charge in [0.15, 0.2) is 5.96 Å². The lowest BCUT2D eigenvalue weighted by Gasteiger charge is -2.14. The zero-order chi connectivity index (χ0) is 19.5. The van der Waals surface area contributed by atoms with E-state index in [0.717, 1.165) is 0 Å². The van der Waals surface area contributed by atoms with E-state index in [1.807, 2.05) is 0 Å². The number of hydrogen-bond acceptors (Lipinski definition) is 5. The number of carboxylic acid groups (broad SMARTS) is 2. The molecule has 10 nitrogen and oxygen atoms in total. The molecule has 24 heavy (non-hydrogen) atoms. The first-order valence-electron chi connectivity index (χ1n) is 6.43. The molecule has 0 aliphatic carbocycles. The van der Waals surface area contributed by atoms with Crippen molar-refractivity contribution in [1.29, 1.82) is 0 Å². The zero-order valence-corrected chi connectivity index (χ0v) is 12.7. The predicted molar refractivity (Wildman–Crippen MR) is 76.8 cm³/mol. The van der Waals surface area contributed by atoms with Crippen molar-refractivity contribution in [3.8, 4) is 0 Å². The Morgan fingerprint density at radius 1 is 1.21 bits per heavy atom. The monoisotopic (exact) mass is 359 g/mol. The number of amides is 1. The SMILES string of the molecule is C[C@H](NC(=O)[C@@H](N)CCCN=C(N)N)C(=O)O.O=C(O)C(F)(F)F. The summed E-state index contributed by atoms with van der Waals surface area (Å²) in [5, 5.41) is 18.0. The quantitative estimate of drug-likeness (QED) is 0.181. The number of nitrogens with one attached hydrogen (secondary N) is 1. The second kappa shape index (κ2) is 11.0. The van der Waals surface area contributed by atoms with Crippen LogP contribution in [0.2, 0.25) is 0 Å². The van der Waals surface area contributed by atoms with Gasteiger partial charge in [-0.2, -0.15) is 13.2 Å². The fourth-order valence-electron chi connectivity index (χ4n) is 1.03. The van der Waals surface area contributed by atoms with E-state index in [1.165, 1.54) is 6.92 Å². The van der Waals surface area contributed by atoms with Crippen molar-refractivity contribution in [2.75, 3.05) is 6.54 Å². The van der Waals surface area contributed by atoms with Crippen LogP contribution in [-0.2, 0) is 14.4 Å². The Morgan fingerprint density at radius 3 is 2.00 bits per heavy atom. The van der Waals surface area contributed by atoms with E-state index in [9.17, 15) is 22.8 Å². The van der Waals surface area contributed by atoms with Gasteiger partial charge in [0.2, 0.25) is 5.91 Å². The third-order valence-corrected chi connectivity index (χ3v) is 2.28. The molecule has 0 fully saturated rings. The maximum Gasteiger partial charge on any atom is 0.490 e. The Bertz CT molecular complexity index is 465. The minimum atomic E-state index is -5.08. The second-order valence-corrected chi connectivity index (χ2v) is 4.43. The van der Waals surface area contributed by atoms with Crippen LogP contribution in [-0.4, -0.2) is 58.8 Å². The summed E-state index contributed by atoms with van der Waals surface area (Å²) < 4.78 is 31.7. The zero-order valence-electron chi connectivity index (χ0n) is 12.7. The molecule has 9 N–H and O–H groups in total. The van der Waals surface area contributed by atoms with Crippen molar-refractivity contribution >= 4 is 23.8 Å². The molecule has 0 unspecified atom stereocenters. The standard InChI is InChI=1S/C9H19N5O3.C2HF3O2/c1-5(8(16)17)14-7(15)6(10)3-2-4-13-9(11)12;3-2(4,5)1(6)7/h5-6H,2-4,10H2,1H3,(H,14,15)(H,16,17)(H4,11,12,13);(H,6,7)/t5-,6-;/m0./s1. The van der Waals surface area contributed by atoms with E-state index in [4.69, 9.17) is 32.2 Å². The molecule has 2 atom stereocenters. The van der Waals surface area contributed by atoms with Crippen molar-refractivity contribution < 1.29 is 37.8 Å². The summed E-state index contributed by atoms with van der Waals surface area (Å²) in [4.78, 5) is 34.5. The van der Waals surface area contributed by atoms with Gasteiger partial charge >= 0.3 is 18.1 Å². The van der Waals surface area contributed by atoms with Crippen molar-refractivity contribution in [3.05, 3.63) is 0 Å². The summed E-state index contributed by atoms with van der Waals surface area (Å²) in [5.74, 6) is -4.37. The smallest absolute Gasteiger partial charge is 0.480 e. The van der Waals surface area contributed by atoms with Crippen LogP contribution in [0.5, 0.6) is 0 Å². The highest BCUT2D eigenvalue weighted by Gasteiger charge is 2.38. The maximum absolute atomic E-state index is 11.4. The molecule has 0 aromatic rings. The van der Waals surface area contributed by atoms with Crippen LogP contribution in [0, 0.1) is 0 Å². The molecule has 0 aliphatic heterocycles. The van der Waals surface area contributed by atoms with Gasteiger partial charge in [-0.25, -0.2) is 4.79 Å². The Balaban J connectivity index is 0. The molecule has 140 valence electrons. The molecule has 0 rings (SSSR count). The number of aliphatic carboxylic acids is 2. The number of hydrogen-bond donors (Lipinski definition) is 6. The summed E-state index contributed by atoms with van der Waals surface area (Å²) in [6, 6.07) is -1.71. The number of alkyl halides is 3. The van der Waals surface area contributed by atoms with Crippen LogP contribution in [0.3, 0.4) is 0 Å². The highest BCUT2D eigenvalue weighted by atomic mass is 19.4. The second-order valence-electron chi connectivity index (χ2n) is 4.43. The predicted octanol–water partition coefficient (Wildman–Crippen LogP) is -1.41. The van der Waals surface area contributed by atoms with E-state index in [-0.39, 0.29) is 5.96 Å². The van der Waals surface area contributed by atoms with Gasteiger partial charge < -0.3 is 32.7 Å². The first-order chi connectivity index (χ1) is 10.8. The van der Waals surface area contributed by atoms with Gasteiger partial charge in [-0.05, 0) is 19.8 Å². The van der Waals surface area contributed by atoms with Crippen LogP contribution in [0.15, 0.2) is 4.99 Å². The molecule has 0 aromatic carbocycles. The lowest BCUT2D eigenvalue weighted by atomic mass is 10.1. The average molecular weight is 359 g/mol. The van der Waals surface area contributed by atoms with Gasteiger partial charge in [0, 0.05) is 6.54 Å². The van der Waals surface area contributed by atoms with E-state index in [2.05, 4.69) is 10.3 Å². The molecule has 0 saturated carbocycles. The first kappa shape index (κ1) is 23.7. The van der Waals surface area contributed by atoms with Gasteiger partial charge in [0.05, 0.1) is 6.04 Å². The number of carbonyl (C=O) groups excluding carboxylic acids is 1. The van der Waals surface area contributed by atoms with Crippen molar-refractivity contribution in [3.63, 3.8) is 0 Å². The molecule has 0 bridgehead atoms. The summed E-state index contributed by atoms with van der Waals surface area (Å²) in [7, 11) is 0. The molecule has 0 aliphatic rings. The number of nitrogens with zero attached hydrogens (tertiary/aromatic N) is 1. The minimum absolute atomic E-state index is 0.0116. The lowest BCUT2D eigenvalue weighted by molar-refractivity contribution is -0.192. The molecule has 0 heterocycles. The fraction of sp³-hybridized carbons (Fsp3) is 0.636. The van der Waals surface area contributed by atoms with E-state index >= 15 is 0 Å². The average Bonchev–Trinajstić information content (AvgIpc) is 2.42. The van der Waals surface area contributed by atoms with Crippen molar-refractivity contribution in [2.24, 2.45) is 22.2 Å². The maximum atomic E-state index is 11.4. The van der Waals surface area contributed by atoms with Gasteiger partial charge in [-0.3, -0.25) is 14.6 Å². The Labute approximate surface area is 134 Å². The number of nitrogens with two attached hydrogens (primary N) is 3. The van der Waals surface area contributed by atoms with Crippen LogP contribution in [0.25, 0.3) is 0 Å². The normalized spacial score (nSPS) is 12.9. The summed E-state index contributed by atoms with van der Waals surface area (Å²) in [6.45, 7) is 1.75. The number of rotatable bonds is 7. The Kier molecular flexibility index (Phi) is 10.9. The van der Waals surface area contributed by atoms with Gasteiger partial charge in [0.25, 0.3) is 0 Å². The number of halogens is 3. The molecule has 13 heteroatoms. The summed E-state index contributed by atoms with van der Waals surface area (Å²) in [6.07, 6.45) is -4.15. The lowest BCUT2D eigenvalue weighted by Crippen LogP contribution is -2.47. The van der Waals surface area contributed by atoms with Gasteiger partial charge in [-0.1, -0.05) is 0 Å². The molecule has 0 radical (unpaired) electrons. The molecular formula is C11H20F3N5O5. The Morgan fingerprint density at radius 2 is 1.67 bits per heavy atom. The first-order valence-corrected chi connectivity index (χ1v) is 6.43. The van der Waals surface area contributed by atoms with Crippen LogP contribution in [0.1, 0.15) is 19.8 Å². The van der Waals surface area contributed by atoms with Gasteiger partial charge in [0.1, 0.15) is 6.04 Å². The molecule has 0 spiro atoms. The largest absolute Gasteiger partial charge is 0.490 e. The molecular weight excluding hydrogens is 339 g/mol. The third-order valence-electron chi connectivity index (χ3n) is 2.28. The van der Waals surface area contributed by atoms with Crippen molar-refractivity contribution in [2.45, 2.75) is 38.0 Å². The summed E-state index contributed by atoms with van der Waals surface area (Å²) >= 11 is 0. The fourth-order valence-corrected chi connectivity index (χ4v) is 1.03. The number of carbonyl (C=O) groups is 3. The molecule has 0 saturated heterocycles. The van der Waals surface area contributed by atoms with Crippen molar-refractivity contribution in [1.82, 2.24) is 5.32 Å². The van der Waals surface area contributed by atoms with Gasteiger partial charge in [-0.15, -0.1) is 0 Å². The molecule has 1 amide bonds. The van der Waals surface area contributed by atoms with Crippen LogP contribution < -0.4 is 22.5 Å². The summed E-state index contributed by atoms with van der Waals surface area (Å²) in [5.41, 5.74) is 15.8. The number of guanidine groups is 1. The Hall–Kier alpha value is -2.57. The topological polar surface area (TPSA) is 194 Å². The van der Waals surface area contributed by atoms with E-state index in [1.54, 1.807) is 0 Å². The third kappa shape index (κ3) is 13.1. The van der Waals surface area contributed by atoms with Crippen LogP contribution >= 0.6 is 0 Å². The number of aliphatic imine (C=N–C) groups is 1. The number of carboxylic acids is 2. The van der Waals surface area contributed by atoms with E-state index < -0.39 is 36.1 Å². The molecule has 0 aromatic heterocycles. The highest BCUT2D eigenvalue weighted by molar-refractivity contribution is 5.86.